The Labute approximate surface area is 106 Å². The van der Waals surface area contributed by atoms with E-state index < -0.39 is 5.41 Å². The van der Waals surface area contributed by atoms with Crippen LogP contribution in [0, 0.1) is 0 Å². The first kappa shape index (κ1) is 11.0. The van der Waals surface area contributed by atoms with E-state index in [9.17, 15) is 4.79 Å². The van der Waals surface area contributed by atoms with Crippen LogP contribution < -0.4 is 5.73 Å². The summed E-state index contributed by atoms with van der Waals surface area (Å²) < 4.78 is 0. The maximum absolute atomic E-state index is 11.7. The highest BCUT2D eigenvalue weighted by molar-refractivity contribution is 5.92. The number of nitrogens with two attached hydrogens (primary N) is 1. The number of hydrogen-bond acceptors (Lipinski definition) is 1. The van der Waals surface area contributed by atoms with Crippen LogP contribution >= 0.6 is 0 Å². The summed E-state index contributed by atoms with van der Waals surface area (Å²) in [4.78, 5) is 11.7. The van der Waals surface area contributed by atoms with Gasteiger partial charge in [-0.05, 0) is 29.5 Å². The second kappa shape index (κ2) is 3.98. The fourth-order valence-electron chi connectivity index (χ4n) is 2.54. The van der Waals surface area contributed by atoms with Gasteiger partial charge in [0.25, 0.3) is 0 Å². The van der Waals surface area contributed by atoms with Gasteiger partial charge in [-0.1, -0.05) is 54.6 Å². The van der Waals surface area contributed by atoms with Crippen LogP contribution in [-0.4, -0.2) is 5.91 Å². The van der Waals surface area contributed by atoms with Gasteiger partial charge in [-0.2, -0.15) is 0 Å². The quantitative estimate of drug-likeness (QED) is 0.876. The topological polar surface area (TPSA) is 43.1 Å². The predicted octanol–water partition coefficient (Wildman–Crippen LogP) is 2.87. The van der Waals surface area contributed by atoms with Crippen molar-refractivity contribution in [2.24, 2.45) is 5.73 Å². The van der Waals surface area contributed by atoms with Crippen molar-refractivity contribution in [3.8, 4) is 11.1 Å². The Balaban J connectivity index is 2.15. The Morgan fingerprint density at radius 1 is 0.944 bits per heavy atom. The molecule has 0 radical (unpaired) electrons. The zero-order valence-electron chi connectivity index (χ0n) is 10.1. The maximum atomic E-state index is 11.7. The van der Waals surface area contributed by atoms with Gasteiger partial charge in [0.2, 0.25) is 5.91 Å². The summed E-state index contributed by atoms with van der Waals surface area (Å²) in [5.74, 6) is -0.203. The van der Waals surface area contributed by atoms with Gasteiger partial charge >= 0.3 is 0 Å². The third kappa shape index (κ3) is 1.61. The van der Waals surface area contributed by atoms with Crippen LogP contribution in [0.1, 0.15) is 18.4 Å². The van der Waals surface area contributed by atoms with Crippen molar-refractivity contribution in [1.82, 2.24) is 0 Å². The molecule has 1 amide bonds. The second-order valence-electron chi connectivity index (χ2n) is 4.86. The van der Waals surface area contributed by atoms with E-state index in [1.165, 1.54) is 0 Å². The number of primary amides is 1. The van der Waals surface area contributed by atoms with Crippen molar-refractivity contribution in [1.29, 1.82) is 0 Å². The van der Waals surface area contributed by atoms with Crippen molar-refractivity contribution < 1.29 is 4.79 Å². The van der Waals surface area contributed by atoms with E-state index in [1.54, 1.807) is 0 Å². The van der Waals surface area contributed by atoms with Gasteiger partial charge in [-0.15, -0.1) is 0 Å². The van der Waals surface area contributed by atoms with Gasteiger partial charge in [0.05, 0.1) is 5.41 Å². The average Bonchev–Trinajstić information content (AvgIpc) is 3.21. The molecule has 0 spiro atoms. The minimum absolute atomic E-state index is 0.203. The number of amides is 1. The Morgan fingerprint density at radius 2 is 1.56 bits per heavy atom. The highest BCUT2D eigenvalue weighted by atomic mass is 16.1. The molecule has 0 saturated heterocycles. The normalized spacial score (nSPS) is 16.2. The van der Waals surface area contributed by atoms with E-state index in [4.69, 9.17) is 5.73 Å². The zero-order valence-corrected chi connectivity index (χ0v) is 10.1. The van der Waals surface area contributed by atoms with Crippen molar-refractivity contribution in [3.63, 3.8) is 0 Å². The van der Waals surface area contributed by atoms with Gasteiger partial charge in [0.1, 0.15) is 0 Å². The summed E-state index contributed by atoms with van der Waals surface area (Å²) in [6.45, 7) is 0. The average molecular weight is 237 g/mol. The zero-order chi connectivity index (χ0) is 12.6. The van der Waals surface area contributed by atoms with Crippen molar-refractivity contribution in [2.45, 2.75) is 18.3 Å². The highest BCUT2D eigenvalue weighted by Gasteiger charge is 2.51. The summed E-state index contributed by atoms with van der Waals surface area (Å²) in [5.41, 5.74) is 8.48. The Hall–Kier alpha value is -2.09. The van der Waals surface area contributed by atoms with E-state index in [1.807, 2.05) is 36.4 Å². The minimum Gasteiger partial charge on any atom is -0.369 e. The molecule has 0 atom stereocenters. The van der Waals surface area contributed by atoms with Crippen LogP contribution in [0.15, 0.2) is 54.6 Å². The predicted molar refractivity (Wildman–Crippen MR) is 72.0 cm³/mol. The van der Waals surface area contributed by atoms with Crippen LogP contribution in [0.5, 0.6) is 0 Å². The minimum atomic E-state index is -0.424. The summed E-state index contributed by atoms with van der Waals surface area (Å²) >= 11 is 0. The maximum Gasteiger partial charge on any atom is 0.228 e. The molecule has 0 heterocycles. The van der Waals surface area contributed by atoms with Crippen molar-refractivity contribution in [2.75, 3.05) is 0 Å². The summed E-state index contributed by atoms with van der Waals surface area (Å²) in [6, 6.07) is 18.2. The van der Waals surface area contributed by atoms with Crippen LogP contribution in [0.4, 0.5) is 0 Å². The fraction of sp³-hybridized carbons (Fsp3) is 0.188. The third-order valence-corrected chi connectivity index (χ3v) is 3.75. The molecular formula is C16H15NO. The molecule has 1 saturated carbocycles. The summed E-state index contributed by atoms with van der Waals surface area (Å²) in [7, 11) is 0. The molecule has 2 N–H and O–H groups in total. The van der Waals surface area contributed by atoms with E-state index >= 15 is 0 Å². The molecule has 2 aromatic rings. The monoisotopic (exact) mass is 237 g/mol. The Bertz CT molecular complexity index is 585. The van der Waals surface area contributed by atoms with Crippen LogP contribution in [-0.2, 0) is 10.2 Å². The molecule has 3 rings (SSSR count). The smallest absolute Gasteiger partial charge is 0.228 e. The van der Waals surface area contributed by atoms with E-state index in [-0.39, 0.29) is 5.91 Å². The molecule has 1 fully saturated rings. The molecule has 0 unspecified atom stereocenters. The molecule has 1 aliphatic carbocycles. The lowest BCUT2D eigenvalue weighted by atomic mass is 9.88. The van der Waals surface area contributed by atoms with Gasteiger partial charge < -0.3 is 5.73 Å². The number of carbonyl (C=O) groups is 1. The molecule has 90 valence electrons. The number of carbonyl (C=O) groups excluding carboxylic acids is 1. The SMILES string of the molecule is NC(=O)C1(c2ccccc2-c2ccccc2)CC1. The van der Waals surface area contributed by atoms with E-state index in [2.05, 4.69) is 18.2 Å². The molecule has 0 aromatic heterocycles. The first-order valence-corrected chi connectivity index (χ1v) is 6.19. The molecule has 2 aromatic carbocycles. The summed E-state index contributed by atoms with van der Waals surface area (Å²) in [6.07, 6.45) is 1.73. The molecule has 2 nitrogen and oxygen atoms in total. The first-order valence-electron chi connectivity index (χ1n) is 6.19. The second-order valence-corrected chi connectivity index (χ2v) is 4.86. The number of hydrogen-bond donors (Lipinski definition) is 1. The van der Waals surface area contributed by atoms with Crippen LogP contribution in [0.3, 0.4) is 0 Å². The van der Waals surface area contributed by atoms with Crippen LogP contribution in [0.25, 0.3) is 11.1 Å². The molecule has 18 heavy (non-hydrogen) atoms. The molecule has 0 aliphatic heterocycles. The number of benzene rings is 2. The third-order valence-electron chi connectivity index (χ3n) is 3.75. The fourth-order valence-corrected chi connectivity index (χ4v) is 2.54. The van der Waals surface area contributed by atoms with Gasteiger partial charge in [-0.25, -0.2) is 0 Å². The van der Waals surface area contributed by atoms with Crippen molar-refractivity contribution >= 4 is 5.91 Å². The van der Waals surface area contributed by atoms with Gasteiger partial charge in [-0.3, -0.25) is 4.79 Å². The highest BCUT2D eigenvalue weighted by Crippen LogP contribution is 2.50. The first-order chi connectivity index (χ1) is 8.74. The summed E-state index contributed by atoms with van der Waals surface area (Å²) in [5, 5.41) is 0. The van der Waals surface area contributed by atoms with Gasteiger partial charge in [0, 0.05) is 0 Å². The number of rotatable bonds is 3. The lowest BCUT2D eigenvalue weighted by Crippen LogP contribution is -2.28. The van der Waals surface area contributed by atoms with Crippen molar-refractivity contribution in [3.05, 3.63) is 60.2 Å². The van der Waals surface area contributed by atoms with Crippen LogP contribution in [0.2, 0.25) is 0 Å². The standard InChI is InChI=1S/C16H15NO/c17-15(18)16(10-11-16)14-9-5-4-8-13(14)12-6-2-1-3-7-12/h1-9H,10-11H2,(H2,17,18). The molecule has 1 aliphatic rings. The molecular weight excluding hydrogens is 222 g/mol. The molecule has 0 bridgehead atoms. The lowest BCUT2D eigenvalue weighted by molar-refractivity contribution is -0.120. The van der Waals surface area contributed by atoms with Gasteiger partial charge in [0.15, 0.2) is 0 Å². The lowest BCUT2D eigenvalue weighted by Gasteiger charge is -2.16. The Kier molecular flexibility index (Phi) is 2.44. The molecule has 2 heteroatoms. The largest absolute Gasteiger partial charge is 0.369 e. The van der Waals surface area contributed by atoms with E-state index in [0.29, 0.717) is 0 Å². The van der Waals surface area contributed by atoms with E-state index in [0.717, 1.165) is 29.5 Å². The Morgan fingerprint density at radius 3 is 2.17 bits per heavy atom.